The smallest absolute Gasteiger partial charge is 0.192 e. The van der Waals surface area contributed by atoms with Gasteiger partial charge in [-0.1, -0.05) is 45.1 Å². The van der Waals surface area contributed by atoms with Crippen molar-refractivity contribution in [2.24, 2.45) is 0 Å². The minimum absolute atomic E-state index is 0.0287. The molecule has 1 rings (SSSR count). The van der Waals surface area contributed by atoms with E-state index in [4.69, 9.17) is 19.0 Å². The Hall–Kier alpha value is -1.14. The van der Waals surface area contributed by atoms with Crippen molar-refractivity contribution in [3.05, 3.63) is 42.0 Å². The average Bonchev–Trinajstić information content (AvgIpc) is 2.56. The summed E-state index contributed by atoms with van der Waals surface area (Å²) in [5.41, 5.74) is 1.10. The van der Waals surface area contributed by atoms with Crippen molar-refractivity contribution in [2.45, 2.75) is 58.0 Å². The Balaban J connectivity index is 2.64. The van der Waals surface area contributed by atoms with E-state index < -0.39 is 8.32 Å². The van der Waals surface area contributed by atoms with E-state index in [0.29, 0.717) is 13.2 Å². The highest BCUT2D eigenvalue weighted by atomic mass is 28.4. The van der Waals surface area contributed by atoms with Crippen LogP contribution >= 0.6 is 0 Å². The molecule has 5 heteroatoms. The Kier molecular flexibility index (Phi) is 8.86. The van der Waals surface area contributed by atoms with E-state index in [1.807, 2.05) is 30.3 Å². The van der Waals surface area contributed by atoms with Gasteiger partial charge in [0.15, 0.2) is 8.32 Å². The number of ether oxygens (including phenoxy) is 2. The number of hydrogen-bond acceptors (Lipinski definition) is 4. The number of aliphatic hydroxyl groups is 1. The third-order valence-corrected chi connectivity index (χ3v) is 9.25. The van der Waals surface area contributed by atoms with E-state index in [0.717, 1.165) is 17.7 Å². The van der Waals surface area contributed by atoms with Crippen LogP contribution in [-0.4, -0.2) is 39.9 Å². The van der Waals surface area contributed by atoms with E-state index in [9.17, 15) is 0 Å². The van der Waals surface area contributed by atoms with E-state index in [2.05, 4.69) is 33.9 Å². The van der Waals surface area contributed by atoms with Gasteiger partial charge in [0, 0.05) is 0 Å². The Labute approximate surface area is 153 Å². The first kappa shape index (κ1) is 21.9. The average molecular weight is 367 g/mol. The maximum atomic E-state index is 8.94. The predicted molar refractivity (Wildman–Crippen MR) is 106 cm³/mol. The van der Waals surface area contributed by atoms with Gasteiger partial charge in [0.2, 0.25) is 0 Å². The Bertz CT molecular complexity index is 517. The molecule has 0 spiro atoms. The topological polar surface area (TPSA) is 47.9 Å². The van der Waals surface area contributed by atoms with Crippen LogP contribution in [0.4, 0.5) is 0 Å². The molecule has 0 fully saturated rings. The van der Waals surface area contributed by atoms with Crippen LogP contribution in [0.15, 0.2) is 36.4 Å². The molecule has 0 unspecified atom stereocenters. The lowest BCUT2D eigenvalue weighted by atomic mass is 10.2. The molecule has 1 N–H and O–H groups in total. The molecule has 1 aromatic carbocycles. The molecule has 25 heavy (non-hydrogen) atoms. The lowest BCUT2D eigenvalue weighted by molar-refractivity contribution is 0.00802. The van der Waals surface area contributed by atoms with Gasteiger partial charge in [-0.25, -0.2) is 0 Å². The lowest BCUT2D eigenvalue weighted by Crippen LogP contribution is -2.42. The number of aliphatic hydroxyl groups excluding tert-OH is 1. The van der Waals surface area contributed by atoms with Crippen molar-refractivity contribution in [3.63, 3.8) is 0 Å². The second-order valence-corrected chi connectivity index (χ2v) is 12.6. The molecule has 0 heterocycles. The van der Waals surface area contributed by atoms with Crippen molar-refractivity contribution in [3.8, 4) is 5.75 Å². The van der Waals surface area contributed by atoms with Crippen molar-refractivity contribution < 1.29 is 19.0 Å². The molecule has 1 aromatic rings. The monoisotopic (exact) mass is 366 g/mol. The standard InChI is InChI=1S/C20H34O4Si/c1-20(2,3)25(5,6)24-16-19(9-7-8-14-21)23-15-17-10-12-18(22-4)13-11-17/h7-8,10-13,19,21H,9,14-16H2,1-6H3/b8-7+/t19-/m0/s1. The van der Waals surface area contributed by atoms with Crippen LogP contribution in [0.3, 0.4) is 0 Å². The third kappa shape index (κ3) is 7.73. The fraction of sp³-hybridized carbons (Fsp3) is 0.600. The van der Waals surface area contributed by atoms with Crippen molar-refractivity contribution in [1.82, 2.24) is 0 Å². The summed E-state index contributed by atoms with van der Waals surface area (Å²) >= 11 is 0. The van der Waals surface area contributed by atoms with Gasteiger partial charge in [-0.2, -0.15) is 0 Å². The van der Waals surface area contributed by atoms with Crippen LogP contribution in [0.25, 0.3) is 0 Å². The molecule has 0 radical (unpaired) electrons. The first-order valence-corrected chi connectivity index (χ1v) is 11.7. The summed E-state index contributed by atoms with van der Waals surface area (Å²) in [5.74, 6) is 0.840. The molecule has 0 aliphatic carbocycles. The van der Waals surface area contributed by atoms with Gasteiger partial charge in [-0.05, 0) is 42.2 Å². The van der Waals surface area contributed by atoms with Gasteiger partial charge in [0.25, 0.3) is 0 Å². The van der Waals surface area contributed by atoms with Gasteiger partial charge < -0.3 is 19.0 Å². The zero-order valence-corrected chi connectivity index (χ0v) is 17.5. The predicted octanol–water partition coefficient (Wildman–Crippen LogP) is 4.54. The number of hydrogen-bond donors (Lipinski definition) is 1. The SMILES string of the molecule is COc1ccc(CO[C@@H](C/C=C/CO)CO[Si](C)(C)C(C)(C)C)cc1. The maximum absolute atomic E-state index is 8.94. The van der Waals surface area contributed by atoms with Crippen LogP contribution in [0.1, 0.15) is 32.8 Å². The summed E-state index contributed by atoms with van der Waals surface area (Å²) in [4.78, 5) is 0. The molecule has 1 atom stereocenters. The van der Waals surface area contributed by atoms with E-state index in [-0.39, 0.29) is 17.7 Å². The summed E-state index contributed by atoms with van der Waals surface area (Å²) in [5, 5.41) is 9.11. The molecular weight excluding hydrogens is 332 g/mol. The normalized spacial score (nSPS) is 14.0. The van der Waals surface area contributed by atoms with E-state index >= 15 is 0 Å². The molecule has 0 aliphatic rings. The largest absolute Gasteiger partial charge is 0.497 e. The van der Waals surface area contributed by atoms with Crippen LogP contribution in [-0.2, 0) is 15.8 Å². The summed E-state index contributed by atoms with van der Waals surface area (Å²) in [7, 11) is -0.146. The summed E-state index contributed by atoms with van der Waals surface area (Å²) in [6.45, 7) is 12.3. The van der Waals surface area contributed by atoms with Gasteiger partial charge >= 0.3 is 0 Å². The van der Waals surface area contributed by atoms with Crippen molar-refractivity contribution >= 4 is 8.32 Å². The molecule has 4 nitrogen and oxygen atoms in total. The molecule has 0 bridgehead atoms. The van der Waals surface area contributed by atoms with Crippen LogP contribution < -0.4 is 4.74 Å². The fourth-order valence-corrected chi connectivity index (χ4v) is 3.00. The summed E-state index contributed by atoms with van der Waals surface area (Å²) < 4.78 is 17.6. The molecule has 0 aliphatic heterocycles. The number of methoxy groups -OCH3 is 1. The first-order chi connectivity index (χ1) is 11.7. The minimum Gasteiger partial charge on any atom is -0.497 e. The van der Waals surface area contributed by atoms with Gasteiger partial charge in [-0.3, -0.25) is 0 Å². The highest BCUT2D eigenvalue weighted by Crippen LogP contribution is 2.36. The number of benzene rings is 1. The molecule has 0 aromatic heterocycles. The summed E-state index contributed by atoms with van der Waals surface area (Å²) in [6, 6.07) is 7.89. The van der Waals surface area contributed by atoms with Crippen molar-refractivity contribution in [1.29, 1.82) is 0 Å². The first-order valence-electron chi connectivity index (χ1n) is 8.84. The highest BCUT2D eigenvalue weighted by Gasteiger charge is 2.37. The van der Waals surface area contributed by atoms with Gasteiger partial charge in [-0.15, -0.1) is 0 Å². The van der Waals surface area contributed by atoms with Crippen LogP contribution in [0, 0.1) is 0 Å². The molecule has 0 amide bonds. The molecular formula is C20H34O4Si. The second kappa shape index (κ2) is 10.1. The van der Waals surface area contributed by atoms with Crippen LogP contribution in [0.5, 0.6) is 5.75 Å². The van der Waals surface area contributed by atoms with E-state index in [1.165, 1.54) is 0 Å². The zero-order valence-electron chi connectivity index (χ0n) is 16.5. The van der Waals surface area contributed by atoms with Crippen molar-refractivity contribution in [2.75, 3.05) is 20.3 Å². The van der Waals surface area contributed by atoms with Gasteiger partial charge in [0.05, 0.1) is 33.0 Å². The quantitative estimate of drug-likeness (QED) is 0.488. The van der Waals surface area contributed by atoms with Crippen LogP contribution in [0.2, 0.25) is 18.1 Å². The Morgan fingerprint density at radius 2 is 1.76 bits per heavy atom. The maximum Gasteiger partial charge on any atom is 0.192 e. The Morgan fingerprint density at radius 1 is 1.12 bits per heavy atom. The molecule has 0 saturated heterocycles. The molecule has 142 valence electrons. The second-order valence-electron chi connectivity index (χ2n) is 7.74. The zero-order chi connectivity index (χ0) is 18.9. The number of rotatable bonds is 10. The van der Waals surface area contributed by atoms with Gasteiger partial charge in [0.1, 0.15) is 5.75 Å². The Morgan fingerprint density at radius 3 is 2.28 bits per heavy atom. The summed E-state index contributed by atoms with van der Waals surface area (Å²) in [6.07, 6.45) is 4.40. The molecule has 0 saturated carbocycles. The van der Waals surface area contributed by atoms with E-state index in [1.54, 1.807) is 13.2 Å². The highest BCUT2D eigenvalue weighted by molar-refractivity contribution is 6.74. The third-order valence-electron chi connectivity index (χ3n) is 4.75. The minimum atomic E-state index is -1.81. The fourth-order valence-electron chi connectivity index (χ4n) is 1.96. The lowest BCUT2D eigenvalue weighted by Gasteiger charge is -2.37.